The van der Waals surface area contributed by atoms with E-state index in [0.717, 1.165) is 11.3 Å². The number of nitrogens with two attached hydrogens (primary N) is 1. The van der Waals surface area contributed by atoms with Crippen LogP contribution in [0.1, 0.15) is 32.9 Å². The molecule has 1 aromatic carbocycles. The number of aromatic nitrogens is 1. The molecular weight excluding hydrogens is 306 g/mol. The number of alkyl halides is 2. The lowest BCUT2D eigenvalue weighted by molar-refractivity contribution is 0.104. The predicted octanol–water partition coefficient (Wildman–Crippen LogP) is 4.36. The van der Waals surface area contributed by atoms with Gasteiger partial charge in [0.05, 0.1) is 5.69 Å². The van der Waals surface area contributed by atoms with Crippen LogP contribution < -0.4 is 5.73 Å². The number of hydrogen-bond acceptors (Lipinski definition) is 4. The number of hydrogen-bond donors (Lipinski definition) is 1. The van der Waals surface area contributed by atoms with Gasteiger partial charge in [0.15, 0.2) is 0 Å². The van der Waals surface area contributed by atoms with Gasteiger partial charge in [-0.3, -0.25) is 4.79 Å². The van der Waals surface area contributed by atoms with Gasteiger partial charge in [-0.05, 0) is 18.6 Å². The number of fused-ring (bicyclic) bond motifs is 1. The number of carbonyl (C=O) groups is 1. The highest BCUT2D eigenvalue weighted by molar-refractivity contribution is 7.21. The van der Waals surface area contributed by atoms with Crippen LogP contribution in [0, 0.1) is 6.92 Å². The molecule has 3 rings (SSSR count). The van der Waals surface area contributed by atoms with Crippen LogP contribution in [-0.4, -0.2) is 10.8 Å². The Morgan fingerprint density at radius 2 is 1.95 bits per heavy atom. The van der Waals surface area contributed by atoms with Crippen LogP contribution in [0.5, 0.6) is 0 Å². The van der Waals surface area contributed by atoms with Gasteiger partial charge in [0.1, 0.15) is 15.4 Å². The Bertz CT molecular complexity index is 859. The number of nitrogen functional groups attached to an aromatic ring is 1. The molecule has 3 aromatic rings. The Balaban J connectivity index is 2.18. The van der Waals surface area contributed by atoms with Crippen LogP contribution >= 0.6 is 11.3 Å². The number of benzene rings is 1. The number of halogens is 2. The maximum Gasteiger partial charge on any atom is 0.280 e. The van der Waals surface area contributed by atoms with Gasteiger partial charge >= 0.3 is 0 Å². The summed E-state index contributed by atoms with van der Waals surface area (Å²) in [5, 5.41) is 0.577. The summed E-state index contributed by atoms with van der Waals surface area (Å²) in [4.78, 5) is 17.2. The summed E-state index contributed by atoms with van der Waals surface area (Å²) in [5.41, 5.74) is 7.18. The maximum absolute atomic E-state index is 12.8. The fourth-order valence-corrected chi connectivity index (χ4v) is 3.48. The van der Waals surface area contributed by atoms with E-state index >= 15 is 0 Å². The molecule has 2 N–H and O–H groups in total. The van der Waals surface area contributed by atoms with E-state index in [9.17, 15) is 13.6 Å². The first-order valence-electron chi connectivity index (χ1n) is 6.56. The van der Waals surface area contributed by atoms with Gasteiger partial charge in [-0.2, -0.15) is 0 Å². The third-order valence-corrected chi connectivity index (χ3v) is 4.48. The van der Waals surface area contributed by atoms with Gasteiger partial charge in [-0.15, -0.1) is 11.3 Å². The Hall–Kier alpha value is -2.34. The minimum Gasteiger partial charge on any atom is -0.397 e. The minimum absolute atomic E-state index is 0.223. The third kappa shape index (κ3) is 2.35. The summed E-state index contributed by atoms with van der Waals surface area (Å²) in [6.45, 7) is 1.69. The first kappa shape index (κ1) is 14.6. The largest absolute Gasteiger partial charge is 0.397 e. The van der Waals surface area contributed by atoms with Crippen LogP contribution in [0.15, 0.2) is 36.4 Å². The van der Waals surface area contributed by atoms with E-state index in [1.54, 1.807) is 31.2 Å². The summed E-state index contributed by atoms with van der Waals surface area (Å²) >= 11 is 1.05. The van der Waals surface area contributed by atoms with Crippen LogP contribution in [0.4, 0.5) is 14.5 Å². The molecule has 2 heterocycles. The normalized spacial score (nSPS) is 11.3. The lowest BCUT2D eigenvalue weighted by Crippen LogP contribution is -2.01. The van der Waals surface area contributed by atoms with Gasteiger partial charge in [0.2, 0.25) is 5.78 Å². The van der Waals surface area contributed by atoms with Crippen molar-refractivity contribution in [2.24, 2.45) is 0 Å². The fraction of sp³-hybridized carbons (Fsp3) is 0.125. The van der Waals surface area contributed by atoms with Crippen molar-refractivity contribution >= 4 is 33.0 Å². The van der Waals surface area contributed by atoms with Crippen molar-refractivity contribution in [2.75, 3.05) is 5.73 Å². The highest BCUT2D eigenvalue weighted by atomic mass is 32.1. The average molecular weight is 318 g/mol. The molecule has 0 fully saturated rings. The predicted molar refractivity (Wildman–Crippen MR) is 83.6 cm³/mol. The maximum atomic E-state index is 12.8. The molecule has 22 heavy (non-hydrogen) atoms. The summed E-state index contributed by atoms with van der Waals surface area (Å²) in [5.74, 6) is -0.223. The highest BCUT2D eigenvalue weighted by Crippen LogP contribution is 2.37. The zero-order valence-corrected chi connectivity index (χ0v) is 12.5. The van der Waals surface area contributed by atoms with Crippen molar-refractivity contribution in [1.29, 1.82) is 0 Å². The quantitative estimate of drug-likeness (QED) is 0.730. The van der Waals surface area contributed by atoms with Crippen molar-refractivity contribution in [1.82, 2.24) is 4.98 Å². The Morgan fingerprint density at radius 3 is 2.59 bits per heavy atom. The fourth-order valence-electron chi connectivity index (χ4n) is 2.34. The molecule has 112 valence electrons. The molecule has 0 spiro atoms. The second kappa shape index (κ2) is 5.46. The van der Waals surface area contributed by atoms with Gasteiger partial charge in [0, 0.05) is 10.9 Å². The molecule has 2 aromatic heterocycles. The number of pyridine rings is 1. The summed E-state index contributed by atoms with van der Waals surface area (Å²) in [6.07, 6.45) is -2.65. The lowest BCUT2D eigenvalue weighted by Gasteiger charge is -2.03. The topological polar surface area (TPSA) is 56.0 Å². The standard InChI is InChI=1S/C16H12F2N2OS/c1-8-7-10(15(17)18)20-16-11(8)12(19)14(22-16)13(21)9-5-3-2-4-6-9/h2-7,15H,19H2,1H3. The van der Waals surface area contributed by atoms with Crippen molar-refractivity contribution in [2.45, 2.75) is 13.3 Å². The van der Waals surface area contributed by atoms with Crippen molar-refractivity contribution in [3.63, 3.8) is 0 Å². The average Bonchev–Trinajstić information content (AvgIpc) is 2.84. The van der Waals surface area contributed by atoms with Crippen LogP contribution in [-0.2, 0) is 0 Å². The highest BCUT2D eigenvalue weighted by Gasteiger charge is 2.21. The zero-order chi connectivity index (χ0) is 15.9. The number of carbonyl (C=O) groups excluding carboxylic acids is 1. The second-order valence-corrected chi connectivity index (χ2v) is 5.88. The Kier molecular flexibility index (Phi) is 3.62. The minimum atomic E-state index is -2.65. The number of nitrogens with zero attached hydrogens (tertiary/aromatic N) is 1. The summed E-state index contributed by atoms with van der Waals surface area (Å²) in [7, 11) is 0. The first-order valence-corrected chi connectivity index (χ1v) is 7.38. The van der Waals surface area contributed by atoms with E-state index < -0.39 is 6.43 Å². The van der Waals surface area contributed by atoms with Crippen LogP contribution in [0.3, 0.4) is 0 Å². The van der Waals surface area contributed by atoms with E-state index in [1.165, 1.54) is 6.07 Å². The van der Waals surface area contributed by atoms with Gasteiger partial charge in [-0.25, -0.2) is 13.8 Å². The Morgan fingerprint density at radius 1 is 1.27 bits per heavy atom. The molecule has 6 heteroatoms. The number of anilines is 1. The molecule has 0 bridgehead atoms. The summed E-state index contributed by atoms with van der Waals surface area (Å²) in [6, 6.07) is 10.0. The molecule has 0 saturated heterocycles. The van der Waals surface area contributed by atoms with Crippen LogP contribution in [0.2, 0.25) is 0 Å². The van der Waals surface area contributed by atoms with E-state index in [4.69, 9.17) is 5.73 Å². The number of rotatable bonds is 3. The van der Waals surface area contributed by atoms with E-state index in [0.29, 0.717) is 31.9 Å². The second-order valence-electron chi connectivity index (χ2n) is 4.88. The van der Waals surface area contributed by atoms with Crippen LogP contribution in [0.25, 0.3) is 10.2 Å². The molecule has 0 amide bonds. The number of aryl methyl sites for hydroxylation is 1. The van der Waals surface area contributed by atoms with Crippen molar-refractivity contribution in [3.05, 3.63) is 58.1 Å². The third-order valence-electron chi connectivity index (χ3n) is 3.38. The molecule has 0 aliphatic rings. The van der Waals surface area contributed by atoms with E-state index in [2.05, 4.69) is 4.98 Å². The van der Waals surface area contributed by atoms with Crippen molar-refractivity contribution in [3.8, 4) is 0 Å². The molecule has 0 saturated carbocycles. The number of ketones is 1. The molecule has 0 radical (unpaired) electrons. The number of thiophene rings is 1. The monoisotopic (exact) mass is 318 g/mol. The molecular formula is C16H12F2N2OS. The molecule has 3 nitrogen and oxygen atoms in total. The smallest absolute Gasteiger partial charge is 0.280 e. The first-order chi connectivity index (χ1) is 10.5. The van der Waals surface area contributed by atoms with Gasteiger partial charge < -0.3 is 5.73 Å². The van der Waals surface area contributed by atoms with Gasteiger partial charge in [0.25, 0.3) is 6.43 Å². The molecule has 0 unspecified atom stereocenters. The molecule has 0 atom stereocenters. The zero-order valence-electron chi connectivity index (χ0n) is 11.6. The SMILES string of the molecule is Cc1cc(C(F)F)nc2sc(C(=O)c3ccccc3)c(N)c12. The molecule has 0 aliphatic heterocycles. The van der Waals surface area contributed by atoms with E-state index in [-0.39, 0.29) is 11.5 Å². The molecule has 0 aliphatic carbocycles. The van der Waals surface area contributed by atoms with E-state index in [1.807, 2.05) is 6.07 Å². The van der Waals surface area contributed by atoms with Gasteiger partial charge in [-0.1, -0.05) is 30.3 Å². The lowest BCUT2D eigenvalue weighted by atomic mass is 10.1. The summed E-state index contributed by atoms with van der Waals surface area (Å²) < 4.78 is 25.7. The Labute approximate surface area is 129 Å². The van der Waals surface area contributed by atoms with Crippen molar-refractivity contribution < 1.29 is 13.6 Å².